The third-order valence-corrected chi connectivity index (χ3v) is 4.15. The Morgan fingerprint density at radius 1 is 1.35 bits per heavy atom. The van der Waals surface area contributed by atoms with Crippen molar-refractivity contribution in [2.24, 2.45) is 0 Å². The summed E-state index contributed by atoms with van der Waals surface area (Å²) in [5, 5.41) is 6.32. The predicted octanol–water partition coefficient (Wildman–Crippen LogP) is 4.27. The van der Waals surface area contributed by atoms with Gasteiger partial charge in [-0.15, -0.1) is 11.3 Å². The van der Waals surface area contributed by atoms with E-state index in [0.29, 0.717) is 0 Å². The molecule has 1 aromatic carbocycles. The van der Waals surface area contributed by atoms with Gasteiger partial charge in [-0.05, 0) is 48.2 Å². The smallest absolute Gasteiger partial charge is 0.0671 e. The second kappa shape index (κ2) is 5.67. The summed E-state index contributed by atoms with van der Waals surface area (Å²) in [6, 6.07) is 10.5. The molecular formula is C14H16ClNS. The van der Waals surface area contributed by atoms with Crippen molar-refractivity contribution in [3.63, 3.8) is 0 Å². The van der Waals surface area contributed by atoms with Crippen LogP contribution in [-0.2, 0) is 6.42 Å². The number of rotatable bonds is 4. The molecule has 0 fully saturated rings. The first-order valence-electron chi connectivity index (χ1n) is 5.75. The van der Waals surface area contributed by atoms with Gasteiger partial charge < -0.3 is 5.32 Å². The molecule has 1 heterocycles. The third kappa shape index (κ3) is 2.71. The van der Waals surface area contributed by atoms with Gasteiger partial charge in [-0.2, -0.15) is 0 Å². The third-order valence-electron chi connectivity index (χ3n) is 2.89. The molecule has 1 atom stereocenters. The first-order chi connectivity index (χ1) is 8.26. The highest BCUT2D eigenvalue weighted by atomic mass is 35.5. The number of nitrogens with one attached hydrogen (secondary N) is 1. The van der Waals surface area contributed by atoms with Crippen molar-refractivity contribution in [2.45, 2.75) is 19.4 Å². The molecule has 1 unspecified atom stereocenters. The molecule has 0 amide bonds. The monoisotopic (exact) mass is 265 g/mol. The van der Waals surface area contributed by atoms with Crippen LogP contribution in [0.15, 0.2) is 35.7 Å². The number of aryl methyl sites for hydroxylation is 1. The van der Waals surface area contributed by atoms with Crippen LogP contribution in [0.3, 0.4) is 0 Å². The Morgan fingerprint density at radius 2 is 2.18 bits per heavy atom. The minimum absolute atomic E-state index is 0.239. The van der Waals surface area contributed by atoms with Gasteiger partial charge in [0, 0.05) is 9.90 Å². The maximum Gasteiger partial charge on any atom is 0.0671 e. The van der Waals surface area contributed by atoms with Crippen LogP contribution >= 0.6 is 22.9 Å². The van der Waals surface area contributed by atoms with Crippen molar-refractivity contribution in [1.82, 2.24) is 5.32 Å². The molecule has 2 aromatic rings. The molecule has 1 N–H and O–H groups in total. The summed E-state index contributed by atoms with van der Waals surface area (Å²) < 4.78 is 0. The highest BCUT2D eigenvalue weighted by molar-refractivity contribution is 7.10. The SMILES string of the molecule is CCc1ccsc1C(NC)c1cccc(Cl)c1. The zero-order valence-electron chi connectivity index (χ0n) is 10.0. The molecule has 0 saturated carbocycles. The van der Waals surface area contributed by atoms with Gasteiger partial charge in [0.2, 0.25) is 0 Å². The van der Waals surface area contributed by atoms with Crippen LogP contribution in [0.4, 0.5) is 0 Å². The lowest BCUT2D eigenvalue weighted by molar-refractivity contribution is 0.697. The van der Waals surface area contributed by atoms with Crippen molar-refractivity contribution < 1.29 is 0 Å². The Bertz CT molecular complexity index is 492. The molecule has 0 saturated heterocycles. The topological polar surface area (TPSA) is 12.0 Å². The van der Waals surface area contributed by atoms with E-state index in [9.17, 15) is 0 Å². The van der Waals surface area contributed by atoms with E-state index in [1.807, 2.05) is 25.2 Å². The highest BCUT2D eigenvalue weighted by Gasteiger charge is 2.16. The molecule has 0 aliphatic carbocycles. The number of thiophene rings is 1. The summed E-state index contributed by atoms with van der Waals surface area (Å²) >= 11 is 7.86. The summed E-state index contributed by atoms with van der Waals surface area (Å²) in [6.07, 6.45) is 1.07. The summed E-state index contributed by atoms with van der Waals surface area (Å²) in [5.74, 6) is 0. The summed E-state index contributed by atoms with van der Waals surface area (Å²) in [7, 11) is 1.99. The van der Waals surface area contributed by atoms with Crippen LogP contribution in [0.25, 0.3) is 0 Å². The molecule has 0 aliphatic heterocycles. The first kappa shape index (κ1) is 12.6. The second-order valence-corrected chi connectivity index (χ2v) is 5.32. The van der Waals surface area contributed by atoms with Gasteiger partial charge in [0.25, 0.3) is 0 Å². The molecule has 0 spiro atoms. The molecule has 90 valence electrons. The number of hydrogen-bond donors (Lipinski definition) is 1. The quantitative estimate of drug-likeness (QED) is 0.870. The summed E-state index contributed by atoms with van der Waals surface area (Å²) in [4.78, 5) is 1.39. The van der Waals surface area contributed by atoms with Crippen LogP contribution in [0, 0.1) is 0 Å². The standard InChI is InChI=1S/C14H16ClNS/c1-3-10-7-8-17-14(10)13(16-2)11-5-4-6-12(15)9-11/h4-9,13,16H,3H2,1-2H3. The van der Waals surface area contributed by atoms with Gasteiger partial charge in [-0.3, -0.25) is 0 Å². The van der Waals surface area contributed by atoms with Gasteiger partial charge in [0.15, 0.2) is 0 Å². The molecule has 1 aromatic heterocycles. The number of halogens is 1. The lowest BCUT2D eigenvalue weighted by Crippen LogP contribution is -2.17. The van der Waals surface area contributed by atoms with Gasteiger partial charge in [0.05, 0.1) is 6.04 Å². The van der Waals surface area contributed by atoms with E-state index in [1.54, 1.807) is 11.3 Å². The van der Waals surface area contributed by atoms with E-state index in [0.717, 1.165) is 11.4 Å². The van der Waals surface area contributed by atoms with Gasteiger partial charge >= 0.3 is 0 Å². The van der Waals surface area contributed by atoms with Crippen molar-refractivity contribution in [3.05, 3.63) is 56.7 Å². The Balaban J connectivity index is 2.40. The fourth-order valence-electron chi connectivity index (χ4n) is 2.03. The van der Waals surface area contributed by atoms with Crippen molar-refractivity contribution in [1.29, 1.82) is 0 Å². The molecule has 3 heteroatoms. The molecule has 0 radical (unpaired) electrons. The van der Waals surface area contributed by atoms with E-state index in [2.05, 4.69) is 29.8 Å². The first-order valence-corrected chi connectivity index (χ1v) is 7.01. The largest absolute Gasteiger partial charge is 0.309 e. The lowest BCUT2D eigenvalue weighted by atomic mass is 10.0. The Kier molecular flexibility index (Phi) is 4.21. The molecule has 0 bridgehead atoms. The normalized spacial score (nSPS) is 12.6. The highest BCUT2D eigenvalue weighted by Crippen LogP contribution is 2.30. The fourth-order valence-corrected chi connectivity index (χ4v) is 3.36. The van der Waals surface area contributed by atoms with E-state index in [-0.39, 0.29) is 6.04 Å². The average Bonchev–Trinajstić information content (AvgIpc) is 2.78. The Labute approximate surface area is 111 Å². The Hall–Kier alpha value is -0.830. The van der Waals surface area contributed by atoms with Gasteiger partial charge in [-0.25, -0.2) is 0 Å². The summed E-state index contributed by atoms with van der Waals surface area (Å²) in [6.45, 7) is 2.19. The molecular weight excluding hydrogens is 250 g/mol. The minimum atomic E-state index is 0.239. The molecule has 17 heavy (non-hydrogen) atoms. The molecule has 0 aliphatic rings. The number of hydrogen-bond acceptors (Lipinski definition) is 2. The van der Waals surface area contributed by atoms with Crippen LogP contribution in [-0.4, -0.2) is 7.05 Å². The van der Waals surface area contributed by atoms with Crippen LogP contribution in [0.1, 0.15) is 29.0 Å². The van der Waals surface area contributed by atoms with Crippen LogP contribution < -0.4 is 5.32 Å². The van der Waals surface area contributed by atoms with E-state index in [1.165, 1.54) is 16.0 Å². The molecule has 2 rings (SSSR count). The zero-order chi connectivity index (χ0) is 12.3. The fraction of sp³-hybridized carbons (Fsp3) is 0.286. The van der Waals surface area contributed by atoms with Crippen LogP contribution in [0.5, 0.6) is 0 Å². The minimum Gasteiger partial charge on any atom is -0.309 e. The predicted molar refractivity (Wildman–Crippen MR) is 76.1 cm³/mol. The average molecular weight is 266 g/mol. The van der Waals surface area contributed by atoms with Crippen molar-refractivity contribution in [2.75, 3.05) is 7.05 Å². The van der Waals surface area contributed by atoms with Crippen LogP contribution in [0.2, 0.25) is 5.02 Å². The zero-order valence-corrected chi connectivity index (χ0v) is 11.6. The van der Waals surface area contributed by atoms with Crippen molar-refractivity contribution >= 4 is 22.9 Å². The van der Waals surface area contributed by atoms with E-state index >= 15 is 0 Å². The Morgan fingerprint density at radius 3 is 2.82 bits per heavy atom. The lowest BCUT2D eigenvalue weighted by Gasteiger charge is -2.17. The van der Waals surface area contributed by atoms with E-state index < -0.39 is 0 Å². The maximum atomic E-state index is 6.06. The van der Waals surface area contributed by atoms with Gasteiger partial charge in [0.1, 0.15) is 0 Å². The maximum absolute atomic E-state index is 6.06. The van der Waals surface area contributed by atoms with E-state index in [4.69, 9.17) is 11.6 Å². The summed E-state index contributed by atoms with van der Waals surface area (Å²) in [5.41, 5.74) is 2.63. The van der Waals surface area contributed by atoms with Crippen molar-refractivity contribution in [3.8, 4) is 0 Å². The molecule has 1 nitrogen and oxygen atoms in total. The van der Waals surface area contributed by atoms with Gasteiger partial charge in [-0.1, -0.05) is 30.7 Å². The second-order valence-electron chi connectivity index (χ2n) is 3.94. The number of benzene rings is 1.